The first kappa shape index (κ1) is 18.2. The van der Waals surface area contributed by atoms with E-state index in [0.29, 0.717) is 6.42 Å². The Balaban J connectivity index is 1.57. The van der Waals surface area contributed by atoms with E-state index >= 15 is 0 Å². The van der Waals surface area contributed by atoms with Crippen molar-refractivity contribution in [2.45, 2.75) is 39.0 Å². The fraction of sp³-hybridized carbons (Fsp3) is 0.280. The summed E-state index contributed by atoms with van der Waals surface area (Å²) in [4.78, 5) is 13.1. The SMILES string of the molecule is Cc1ccc(-n2nc(C)c3c2NC2=C(C(=O)CCC2)C3c2ccc3c(c2)OCO3)cc1. The van der Waals surface area contributed by atoms with Gasteiger partial charge < -0.3 is 14.8 Å². The van der Waals surface area contributed by atoms with Gasteiger partial charge in [0.25, 0.3) is 0 Å². The summed E-state index contributed by atoms with van der Waals surface area (Å²) in [6.07, 6.45) is 2.31. The van der Waals surface area contributed by atoms with E-state index < -0.39 is 0 Å². The molecule has 156 valence electrons. The van der Waals surface area contributed by atoms with Crippen molar-refractivity contribution in [3.05, 3.63) is 76.1 Å². The molecule has 0 fully saturated rings. The summed E-state index contributed by atoms with van der Waals surface area (Å²) in [7, 11) is 0. The topological polar surface area (TPSA) is 65.4 Å². The van der Waals surface area contributed by atoms with Gasteiger partial charge in [0, 0.05) is 29.2 Å². The molecule has 0 radical (unpaired) electrons. The summed E-state index contributed by atoms with van der Waals surface area (Å²) in [5.41, 5.74) is 7.07. The lowest BCUT2D eigenvalue weighted by Crippen LogP contribution is -2.27. The van der Waals surface area contributed by atoms with Crippen molar-refractivity contribution >= 4 is 11.6 Å². The maximum atomic E-state index is 13.1. The van der Waals surface area contributed by atoms with Crippen LogP contribution in [0.15, 0.2) is 53.7 Å². The summed E-state index contributed by atoms with van der Waals surface area (Å²) in [5.74, 6) is 2.45. The molecule has 0 saturated carbocycles. The van der Waals surface area contributed by atoms with Crippen molar-refractivity contribution < 1.29 is 14.3 Å². The number of hydrogen-bond acceptors (Lipinski definition) is 5. The summed E-state index contributed by atoms with van der Waals surface area (Å²) < 4.78 is 13.1. The van der Waals surface area contributed by atoms with Gasteiger partial charge in [-0.1, -0.05) is 23.8 Å². The van der Waals surface area contributed by atoms with Crippen molar-refractivity contribution in [1.82, 2.24) is 9.78 Å². The second-order valence-corrected chi connectivity index (χ2v) is 8.43. The molecule has 3 aliphatic rings. The molecule has 0 bridgehead atoms. The number of rotatable bonds is 2. The number of ketones is 1. The number of carbonyl (C=O) groups is 1. The number of allylic oxidation sites excluding steroid dienone is 2. The molecule has 3 aromatic rings. The van der Waals surface area contributed by atoms with Crippen molar-refractivity contribution in [3.8, 4) is 17.2 Å². The third kappa shape index (κ3) is 2.78. The minimum atomic E-state index is -0.173. The molecule has 1 unspecified atom stereocenters. The number of carbonyl (C=O) groups excluding carboxylic acids is 1. The highest BCUT2D eigenvalue weighted by Gasteiger charge is 2.39. The van der Waals surface area contributed by atoms with Crippen LogP contribution in [0.1, 0.15) is 47.6 Å². The lowest BCUT2D eigenvalue weighted by Gasteiger charge is -2.33. The van der Waals surface area contributed by atoms with Crippen LogP contribution in [0.2, 0.25) is 0 Å². The highest BCUT2D eigenvalue weighted by atomic mass is 16.7. The van der Waals surface area contributed by atoms with E-state index in [0.717, 1.165) is 63.9 Å². The lowest BCUT2D eigenvalue weighted by molar-refractivity contribution is -0.116. The Morgan fingerprint density at radius 1 is 1.03 bits per heavy atom. The van der Waals surface area contributed by atoms with E-state index in [1.165, 1.54) is 5.56 Å². The Morgan fingerprint density at radius 2 is 1.84 bits per heavy atom. The minimum Gasteiger partial charge on any atom is -0.454 e. The van der Waals surface area contributed by atoms with Gasteiger partial charge in [0.05, 0.1) is 11.4 Å². The second kappa shape index (κ2) is 6.74. The number of aromatic nitrogens is 2. The quantitative estimate of drug-likeness (QED) is 0.655. The average Bonchev–Trinajstić information content (AvgIpc) is 3.37. The third-order valence-electron chi connectivity index (χ3n) is 6.42. The first-order valence-electron chi connectivity index (χ1n) is 10.7. The summed E-state index contributed by atoms with van der Waals surface area (Å²) in [6.45, 7) is 4.32. The molecule has 1 N–H and O–H groups in total. The predicted octanol–water partition coefficient (Wildman–Crippen LogP) is 4.78. The fourth-order valence-corrected chi connectivity index (χ4v) is 4.92. The first-order valence-corrected chi connectivity index (χ1v) is 10.7. The zero-order valence-electron chi connectivity index (χ0n) is 17.6. The number of benzene rings is 2. The van der Waals surface area contributed by atoms with Crippen LogP contribution in [0.3, 0.4) is 0 Å². The molecule has 6 rings (SSSR count). The van der Waals surface area contributed by atoms with Gasteiger partial charge in [0.2, 0.25) is 6.79 Å². The third-order valence-corrected chi connectivity index (χ3v) is 6.42. The highest BCUT2D eigenvalue weighted by molar-refractivity contribution is 6.01. The van der Waals surface area contributed by atoms with Crippen molar-refractivity contribution in [2.75, 3.05) is 12.1 Å². The van der Waals surface area contributed by atoms with Gasteiger partial charge in [-0.05, 0) is 56.5 Å². The Hall–Kier alpha value is -3.54. The molecule has 6 heteroatoms. The summed E-state index contributed by atoms with van der Waals surface area (Å²) in [5, 5.41) is 8.47. The summed E-state index contributed by atoms with van der Waals surface area (Å²) in [6, 6.07) is 14.3. The molecule has 2 aliphatic heterocycles. The fourth-order valence-electron chi connectivity index (χ4n) is 4.92. The maximum absolute atomic E-state index is 13.1. The van der Waals surface area contributed by atoms with Gasteiger partial charge in [-0.3, -0.25) is 4.79 Å². The Kier molecular flexibility index (Phi) is 3.96. The van der Waals surface area contributed by atoms with E-state index in [4.69, 9.17) is 14.6 Å². The number of hydrogen-bond donors (Lipinski definition) is 1. The van der Waals surface area contributed by atoms with E-state index in [2.05, 4.69) is 36.5 Å². The Bertz CT molecular complexity index is 1250. The van der Waals surface area contributed by atoms with E-state index in [1.54, 1.807) is 0 Å². The van der Waals surface area contributed by atoms with Gasteiger partial charge in [-0.15, -0.1) is 0 Å². The van der Waals surface area contributed by atoms with Gasteiger partial charge in [-0.2, -0.15) is 5.10 Å². The molecule has 3 heterocycles. The molecule has 0 amide bonds. The standard InChI is InChI=1S/C25H23N3O3/c1-14-6-9-17(10-7-14)28-25-22(15(2)27-28)23(24-18(26-25)4-3-5-19(24)29)16-8-11-20-21(12-16)31-13-30-20/h6-12,23,26H,3-5,13H2,1-2H3. The normalized spacial score (nSPS) is 19.2. The zero-order chi connectivity index (χ0) is 21.1. The van der Waals surface area contributed by atoms with Crippen LogP contribution in [-0.2, 0) is 4.79 Å². The molecule has 1 aliphatic carbocycles. The number of aryl methyl sites for hydroxylation is 2. The van der Waals surface area contributed by atoms with Crippen LogP contribution in [-0.4, -0.2) is 22.4 Å². The van der Waals surface area contributed by atoms with Crippen LogP contribution < -0.4 is 14.8 Å². The zero-order valence-corrected chi connectivity index (χ0v) is 17.6. The van der Waals surface area contributed by atoms with Gasteiger partial charge in [0.1, 0.15) is 5.82 Å². The van der Waals surface area contributed by atoms with Crippen molar-refractivity contribution in [2.24, 2.45) is 0 Å². The second-order valence-electron chi connectivity index (χ2n) is 8.43. The number of anilines is 1. The van der Waals surface area contributed by atoms with Crippen molar-refractivity contribution in [3.63, 3.8) is 0 Å². The van der Waals surface area contributed by atoms with Gasteiger partial charge >= 0.3 is 0 Å². The highest BCUT2D eigenvalue weighted by Crippen LogP contribution is 2.48. The molecule has 1 aromatic heterocycles. The summed E-state index contributed by atoms with van der Waals surface area (Å²) >= 11 is 0. The molecule has 31 heavy (non-hydrogen) atoms. The number of fused-ring (bicyclic) bond motifs is 2. The number of nitrogens with zero attached hydrogens (tertiary/aromatic N) is 2. The van der Waals surface area contributed by atoms with Crippen LogP contribution in [0.4, 0.5) is 5.82 Å². The van der Waals surface area contributed by atoms with E-state index in [9.17, 15) is 4.79 Å². The maximum Gasteiger partial charge on any atom is 0.231 e. The van der Waals surface area contributed by atoms with E-state index in [1.807, 2.05) is 29.8 Å². The van der Waals surface area contributed by atoms with Crippen LogP contribution >= 0.6 is 0 Å². The van der Waals surface area contributed by atoms with E-state index in [-0.39, 0.29) is 18.5 Å². The first-order chi connectivity index (χ1) is 15.1. The molecule has 6 nitrogen and oxygen atoms in total. The van der Waals surface area contributed by atoms with Gasteiger partial charge in [-0.25, -0.2) is 4.68 Å². The minimum absolute atomic E-state index is 0.173. The Morgan fingerprint density at radius 3 is 2.68 bits per heavy atom. The number of ether oxygens (including phenoxy) is 2. The predicted molar refractivity (Wildman–Crippen MR) is 117 cm³/mol. The lowest BCUT2D eigenvalue weighted by atomic mass is 9.76. The Labute approximate surface area is 180 Å². The van der Waals surface area contributed by atoms with Crippen LogP contribution in [0, 0.1) is 13.8 Å². The molecule has 0 spiro atoms. The monoisotopic (exact) mass is 413 g/mol. The largest absolute Gasteiger partial charge is 0.454 e. The van der Waals surface area contributed by atoms with Gasteiger partial charge in [0.15, 0.2) is 17.3 Å². The smallest absolute Gasteiger partial charge is 0.231 e. The number of nitrogens with one attached hydrogen (secondary N) is 1. The molecule has 1 atom stereocenters. The molecular formula is C25H23N3O3. The number of Topliss-reactive ketones (excluding diaryl/α,β-unsaturated/α-hetero) is 1. The van der Waals surface area contributed by atoms with Crippen molar-refractivity contribution in [1.29, 1.82) is 0 Å². The molecule has 0 saturated heterocycles. The van der Waals surface area contributed by atoms with Crippen LogP contribution in [0.25, 0.3) is 5.69 Å². The average molecular weight is 413 g/mol. The molecular weight excluding hydrogens is 390 g/mol. The van der Waals surface area contributed by atoms with Crippen LogP contribution in [0.5, 0.6) is 11.5 Å². The molecule has 2 aromatic carbocycles.